The van der Waals surface area contributed by atoms with E-state index < -0.39 is 0 Å². The van der Waals surface area contributed by atoms with Crippen LogP contribution < -0.4 is 5.32 Å². The molecule has 0 saturated carbocycles. The number of aromatic amines is 1. The van der Waals surface area contributed by atoms with Gasteiger partial charge < -0.3 is 5.32 Å². The highest BCUT2D eigenvalue weighted by molar-refractivity contribution is 5.34. The Kier molecular flexibility index (Phi) is 4.10. The second kappa shape index (κ2) is 5.78. The van der Waals surface area contributed by atoms with Crippen molar-refractivity contribution in [3.63, 3.8) is 0 Å². The van der Waals surface area contributed by atoms with Crippen molar-refractivity contribution in [2.75, 3.05) is 6.54 Å². The van der Waals surface area contributed by atoms with Crippen molar-refractivity contribution in [2.45, 2.75) is 33.2 Å². The van der Waals surface area contributed by atoms with E-state index in [9.17, 15) is 0 Å². The van der Waals surface area contributed by atoms with Gasteiger partial charge in [-0.05, 0) is 43.5 Å². The summed E-state index contributed by atoms with van der Waals surface area (Å²) in [5, 5.41) is 14.3. The maximum Gasteiger partial charge on any atom is 0.104 e. The molecular weight excluding hydrogens is 224 g/mol. The number of benzene rings is 1. The average molecular weight is 244 g/mol. The molecule has 1 atom stereocenters. The Morgan fingerprint density at radius 3 is 2.72 bits per heavy atom. The van der Waals surface area contributed by atoms with Gasteiger partial charge in [-0.15, -0.1) is 0 Å². The number of aryl methyl sites for hydroxylation is 2. The minimum Gasteiger partial charge on any atom is -0.305 e. The van der Waals surface area contributed by atoms with E-state index in [1.54, 1.807) is 6.20 Å². The maximum atomic E-state index is 4.20. The Hall–Kier alpha value is -1.68. The number of hydrogen-bond acceptors (Lipinski definition) is 3. The molecule has 0 fully saturated rings. The second-order valence-corrected chi connectivity index (χ2v) is 4.63. The summed E-state index contributed by atoms with van der Waals surface area (Å²) in [4.78, 5) is 0. The molecule has 4 nitrogen and oxygen atoms in total. The quantitative estimate of drug-likeness (QED) is 0.849. The summed E-state index contributed by atoms with van der Waals surface area (Å²) in [5.41, 5.74) is 4.79. The molecule has 1 aromatic heterocycles. The zero-order valence-electron chi connectivity index (χ0n) is 11.2. The molecule has 0 aliphatic rings. The molecule has 1 unspecified atom stereocenters. The lowest BCUT2D eigenvalue weighted by Gasteiger charge is -2.17. The lowest BCUT2D eigenvalue weighted by molar-refractivity contribution is 0.584. The molecule has 2 N–H and O–H groups in total. The molecule has 0 aliphatic carbocycles. The highest BCUT2D eigenvalue weighted by Crippen LogP contribution is 2.22. The van der Waals surface area contributed by atoms with E-state index in [0.29, 0.717) is 0 Å². The zero-order chi connectivity index (χ0) is 13.0. The minimum absolute atomic E-state index is 0.114. The van der Waals surface area contributed by atoms with Gasteiger partial charge in [-0.1, -0.05) is 25.1 Å². The molecule has 0 bridgehead atoms. The first-order chi connectivity index (χ1) is 8.72. The van der Waals surface area contributed by atoms with Crippen molar-refractivity contribution in [3.05, 3.63) is 46.8 Å². The third-order valence-corrected chi connectivity index (χ3v) is 3.19. The molecular formula is C14H20N4. The number of nitrogens with zero attached hydrogens (tertiary/aromatic N) is 2. The largest absolute Gasteiger partial charge is 0.305 e. The van der Waals surface area contributed by atoms with Crippen LogP contribution in [-0.2, 0) is 0 Å². The van der Waals surface area contributed by atoms with Crippen LogP contribution in [0.25, 0.3) is 0 Å². The first-order valence-electron chi connectivity index (χ1n) is 6.38. The van der Waals surface area contributed by atoms with Crippen molar-refractivity contribution in [1.82, 2.24) is 20.7 Å². The van der Waals surface area contributed by atoms with Crippen molar-refractivity contribution < 1.29 is 0 Å². The molecule has 96 valence electrons. The van der Waals surface area contributed by atoms with Crippen molar-refractivity contribution in [2.24, 2.45) is 0 Å². The molecule has 2 aromatic rings. The Balaban J connectivity index is 2.30. The predicted molar refractivity (Wildman–Crippen MR) is 72.4 cm³/mol. The van der Waals surface area contributed by atoms with Gasteiger partial charge in [0, 0.05) is 0 Å². The van der Waals surface area contributed by atoms with E-state index >= 15 is 0 Å². The van der Waals surface area contributed by atoms with Gasteiger partial charge in [-0.2, -0.15) is 15.4 Å². The van der Waals surface area contributed by atoms with Crippen LogP contribution in [0.2, 0.25) is 0 Å². The summed E-state index contributed by atoms with van der Waals surface area (Å²) >= 11 is 0. The lowest BCUT2D eigenvalue weighted by atomic mass is 9.99. The average Bonchev–Trinajstić information content (AvgIpc) is 2.88. The minimum atomic E-state index is 0.114. The number of nitrogens with one attached hydrogen (secondary N) is 2. The van der Waals surface area contributed by atoms with Crippen LogP contribution in [-0.4, -0.2) is 22.0 Å². The topological polar surface area (TPSA) is 53.6 Å². The van der Waals surface area contributed by atoms with Gasteiger partial charge in [-0.25, -0.2) is 0 Å². The van der Waals surface area contributed by atoms with Crippen molar-refractivity contribution >= 4 is 0 Å². The standard InChI is InChI=1S/C14H20N4/c1-4-7-15-14(13-9-16-18-17-13)12-6-5-10(2)11(3)8-12/h5-6,8-9,14-15H,4,7H2,1-3H3,(H,16,17,18). The van der Waals surface area contributed by atoms with Gasteiger partial charge in [0.2, 0.25) is 0 Å². The summed E-state index contributed by atoms with van der Waals surface area (Å²) in [6.07, 6.45) is 2.88. The number of aromatic nitrogens is 3. The first kappa shape index (κ1) is 12.8. The summed E-state index contributed by atoms with van der Waals surface area (Å²) in [6, 6.07) is 6.65. The van der Waals surface area contributed by atoms with Crippen molar-refractivity contribution in [3.8, 4) is 0 Å². The van der Waals surface area contributed by atoms with Crippen LogP contribution in [0.5, 0.6) is 0 Å². The van der Waals surface area contributed by atoms with Crippen molar-refractivity contribution in [1.29, 1.82) is 0 Å². The van der Waals surface area contributed by atoms with E-state index in [2.05, 4.69) is 59.7 Å². The normalized spacial score (nSPS) is 12.6. The SMILES string of the molecule is CCCNC(c1ccc(C)c(C)c1)c1cn[nH]n1. The molecule has 0 saturated heterocycles. The van der Waals surface area contributed by atoms with Crippen LogP contribution in [0, 0.1) is 13.8 Å². The van der Waals surface area contributed by atoms with Gasteiger partial charge in [0.1, 0.15) is 5.69 Å². The second-order valence-electron chi connectivity index (χ2n) is 4.63. The highest BCUT2D eigenvalue weighted by Gasteiger charge is 2.16. The number of H-pyrrole nitrogens is 1. The fourth-order valence-electron chi connectivity index (χ4n) is 1.98. The highest BCUT2D eigenvalue weighted by atomic mass is 15.3. The Morgan fingerprint density at radius 2 is 2.11 bits per heavy atom. The van der Waals surface area contributed by atoms with Crippen LogP contribution in [0.3, 0.4) is 0 Å². The molecule has 0 spiro atoms. The maximum absolute atomic E-state index is 4.20. The summed E-state index contributed by atoms with van der Waals surface area (Å²) < 4.78 is 0. The van der Waals surface area contributed by atoms with Crippen LogP contribution >= 0.6 is 0 Å². The fourth-order valence-corrected chi connectivity index (χ4v) is 1.98. The van der Waals surface area contributed by atoms with E-state index in [4.69, 9.17) is 0 Å². The Bertz CT molecular complexity index is 491. The Morgan fingerprint density at radius 1 is 1.28 bits per heavy atom. The molecule has 1 aromatic carbocycles. The molecule has 0 aliphatic heterocycles. The van der Waals surface area contributed by atoms with Gasteiger partial charge >= 0.3 is 0 Å². The van der Waals surface area contributed by atoms with Gasteiger partial charge in [0.15, 0.2) is 0 Å². The molecule has 2 rings (SSSR count). The summed E-state index contributed by atoms with van der Waals surface area (Å²) in [6.45, 7) is 7.39. The Labute approximate surface area is 108 Å². The van der Waals surface area contributed by atoms with Crippen LogP contribution in [0.1, 0.15) is 41.8 Å². The van der Waals surface area contributed by atoms with E-state index in [1.165, 1.54) is 16.7 Å². The van der Waals surface area contributed by atoms with Gasteiger partial charge in [0.05, 0.1) is 12.2 Å². The van der Waals surface area contributed by atoms with E-state index in [1.807, 2.05) is 0 Å². The first-order valence-corrected chi connectivity index (χ1v) is 6.38. The lowest BCUT2D eigenvalue weighted by Crippen LogP contribution is -2.23. The third-order valence-electron chi connectivity index (χ3n) is 3.19. The van der Waals surface area contributed by atoms with E-state index in [-0.39, 0.29) is 6.04 Å². The van der Waals surface area contributed by atoms with Gasteiger partial charge in [0.25, 0.3) is 0 Å². The third kappa shape index (κ3) is 2.76. The summed E-state index contributed by atoms with van der Waals surface area (Å²) in [5.74, 6) is 0. The molecule has 1 heterocycles. The molecule has 0 amide bonds. The van der Waals surface area contributed by atoms with E-state index in [0.717, 1.165) is 18.7 Å². The molecule has 18 heavy (non-hydrogen) atoms. The molecule has 4 heteroatoms. The number of hydrogen-bond donors (Lipinski definition) is 2. The predicted octanol–water partition coefficient (Wildman–Crippen LogP) is 2.51. The summed E-state index contributed by atoms with van der Waals surface area (Å²) in [7, 11) is 0. The zero-order valence-corrected chi connectivity index (χ0v) is 11.2. The van der Waals surface area contributed by atoms with Crippen LogP contribution in [0.4, 0.5) is 0 Å². The molecule has 0 radical (unpaired) electrons. The van der Waals surface area contributed by atoms with Crippen LogP contribution in [0.15, 0.2) is 24.4 Å². The monoisotopic (exact) mass is 244 g/mol. The van der Waals surface area contributed by atoms with Gasteiger partial charge in [-0.3, -0.25) is 0 Å². The number of rotatable bonds is 5. The fraction of sp³-hybridized carbons (Fsp3) is 0.429. The smallest absolute Gasteiger partial charge is 0.104 e.